The number of aromatic hydroxyl groups is 1. The standard InChI is InChI=1S/C27H27FO6/c1-16(27(32)34-3)26(31)20-9-8-19(25(30)14-20)10-13-24(29)18-6-4-17(5-7-18)22-15-21(33-2)11-12-23(22)28/h4-9,11-12,14-16,26,30-31H,10,13H2,1-3H3/t16-,26+/m0/s1. The zero-order valence-electron chi connectivity index (χ0n) is 19.2. The van der Waals surface area contributed by atoms with Crippen molar-refractivity contribution >= 4 is 11.8 Å². The second-order valence-corrected chi connectivity index (χ2v) is 7.99. The first-order valence-electron chi connectivity index (χ1n) is 10.8. The van der Waals surface area contributed by atoms with Crippen LogP contribution in [0.2, 0.25) is 0 Å². The van der Waals surface area contributed by atoms with E-state index < -0.39 is 18.0 Å². The zero-order valence-corrected chi connectivity index (χ0v) is 19.2. The summed E-state index contributed by atoms with van der Waals surface area (Å²) in [6.07, 6.45) is -0.678. The lowest BCUT2D eigenvalue weighted by molar-refractivity contribution is -0.148. The highest BCUT2D eigenvalue weighted by Gasteiger charge is 2.25. The van der Waals surface area contributed by atoms with Gasteiger partial charge >= 0.3 is 5.97 Å². The minimum Gasteiger partial charge on any atom is -0.508 e. The molecule has 0 spiro atoms. The first-order chi connectivity index (χ1) is 16.2. The van der Waals surface area contributed by atoms with Crippen LogP contribution in [-0.2, 0) is 16.0 Å². The van der Waals surface area contributed by atoms with Crippen LogP contribution in [0.1, 0.15) is 40.9 Å². The molecule has 0 saturated heterocycles. The van der Waals surface area contributed by atoms with E-state index in [4.69, 9.17) is 4.74 Å². The van der Waals surface area contributed by atoms with Gasteiger partial charge in [-0.25, -0.2) is 4.39 Å². The number of phenolic OH excluding ortho intramolecular Hbond substituents is 1. The van der Waals surface area contributed by atoms with E-state index in [9.17, 15) is 24.2 Å². The number of halogens is 1. The number of hydrogen-bond donors (Lipinski definition) is 2. The number of esters is 1. The van der Waals surface area contributed by atoms with Crippen molar-refractivity contribution in [3.63, 3.8) is 0 Å². The Morgan fingerprint density at radius 3 is 2.32 bits per heavy atom. The molecule has 2 N–H and O–H groups in total. The lowest BCUT2D eigenvalue weighted by atomic mass is 9.94. The van der Waals surface area contributed by atoms with Gasteiger partial charge in [0.15, 0.2) is 5.78 Å². The quantitative estimate of drug-likeness (QED) is 0.345. The highest BCUT2D eigenvalue weighted by molar-refractivity contribution is 5.96. The number of benzene rings is 3. The molecule has 0 amide bonds. The number of aliphatic hydroxyl groups excluding tert-OH is 1. The van der Waals surface area contributed by atoms with E-state index in [1.54, 1.807) is 48.5 Å². The highest BCUT2D eigenvalue weighted by Crippen LogP contribution is 2.30. The van der Waals surface area contributed by atoms with Crippen molar-refractivity contribution in [3.8, 4) is 22.6 Å². The molecule has 0 radical (unpaired) electrons. The highest BCUT2D eigenvalue weighted by atomic mass is 19.1. The van der Waals surface area contributed by atoms with Crippen molar-refractivity contribution in [1.29, 1.82) is 0 Å². The Morgan fingerprint density at radius 2 is 1.71 bits per heavy atom. The molecule has 2 atom stereocenters. The fourth-order valence-electron chi connectivity index (χ4n) is 3.66. The van der Waals surface area contributed by atoms with Crippen LogP contribution in [0.5, 0.6) is 11.5 Å². The van der Waals surface area contributed by atoms with Gasteiger partial charge in [0.25, 0.3) is 0 Å². The monoisotopic (exact) mass is 466 g/mol. The Balaban J connectivity index is 1.66. The molecule has 0 aliphatic heterocycles. The number of aryl methyl sites for hydroxylation is 1. The smallest absolute Gasteiger partial charge is 0.311 e. The fourth-order valence-corrected chi connectivity index (χ4v) is 3.66. The van der Waals surface area contributed by atoms with E-state index >= 15 is 0 Å². The number of carbonyl (C=O) groups is 2. The molecule has 0 aliphatic rings. The Labute approximate surface area is 197 Å². The van der Waals surface area contributed by atoms with Gasteiger partial charge in [0.05, 0.1) is 26.2 Å². The SMILES string of the molecule is COC(=O)[C@@H](C)[C@@H](O)c1ccc(CCC(=O)c2ccc(-c3cc(OC)ccc3F)cc2)c(O)c1. The number of Topliss-reactive ketones (excluding diaryl/α,β-unsaturated/α-hetero) is 1. The predicted octanol–water partition coefficient (Wildman–Crippen LogP) is 4.86. The molecular formula is C27H27FO6. The molecule has 0 heterocycles. The van der Waals surface area contributed by atoms with Crippen molar-refractivity contribution in [2.75, 3.05) is 14.2 Å². The molecule has 3 aromatic carbocycles. The van der Waals surface area contributed by atoms with E-state index in [2.05, 4.69) is 4.74 Å². The number of phenols is 1. The summed E-state index contributed by atoms with van der Waals surface area (Å²) in [6.45, 7) is 1.54. The van der Waals surface area contributed by atoms with Gasteiger partial charge in [-0.3, -0.25) is 9.59 Å². The van der Waals surface area contributed by atoms with Gasteiger partial charge in [0.1, 0.15) is 17.3 Å². The van der Waals surface area contributed by atoms with Gasteiger partial charge in [0, 0.05) is 17.5 Å². The second kappa shape index (κ2) is 10.9. The molecule has 7 heteroatoms. The summed E-state index contributed by atoms with van der Waals surface area (Å²) in [5.41, 5.74) is 2.41. The van der Waals surface area contributed by atoms with E-state index in [-0.39, 0.29) is 23.8 Å². The van der Waals surface area contributed by atoms with Crippen LogP contribution in [-0.4, -0.2) is 36.2 Å². The van der Waals surface area contributed by atoms with Gasteiger partial charge < -0.3 is 19.7 Å². The minimum absolute atomic E-state index is 0.0646. The van der Waals surface area contributed by atoms with E-state index in [0.717, 1.165) is 0 Å². The van der Waals surface area contributed by atoms with Gasteiger partial charge in [-0.05, 0) is 54.3 Å². The molecule has 0 unspecified atom stereocenters. The Morgan fingerprint density at radius 1 is 1.00 bits per heavy atom. The average molecular weight is 467 g/mol. The van der Waals surface area contributed by atoms with E-state index in [1.165, 1.54) is 33.3 Å². The molecule has 3 rings (SSSR count). The van der Waals surface area contributed by atoms with Crippen LogP contribution >= 0.6 is 0 Å². The van der Waals surface area contributed by atoms with Gasteiger partial charge in [-0.1, -0.05) is 36.4 Å². The molecule has 0 fully saturated rings. The molecule has 6 nitrogen and oxygen atoms in total. The van der Waals surface area contributed by atoms with Crippen LogP contribution in [0.3, 0.4) is 0 Å². The van der Waals surface area contributed by atoms with Crippen molar-refractivity contribution in [1.82, 2.24) is 0 Å². The Kier molecular flexibility index (Phi) is 8.02. The Hall–Kier alpha value is -3.71. The Bertz CT molecular complexity index is 1170. The molecule has 3 aromatic rings. The number of rotatable bonds is 9. The van der Waals surface area contributed by atoms with Gasteiger partial charge in [0.2, 0.25) is 0 Å². The summed E-state index contributed by atoms with van der Waals surface area (Å²) in [6, 6.07) is 15.7. The number of aliphatic hydroxyl groups is 1. The summed E-state index contributed by atoms with van der Waals surface area (Å²) in [5.74, 6) is -1.38. The largest absolute Gasteiger partial charge is 0.508 e. The summed E-state index contributed by atoms with van der Waals surface area (Å²) in [4.78, 5) is 24.3. The number of carbonyl (C=O) groups excluding carboxylic acids is 2. The summed E-state index contributed by atoms with van der Waals surface area (Å²) < 4.78 is 24.0. The lowest BCUT2D eigenvalue weighted by Crippen LogP contribution is -2.20. The maximum absolute atomic E-state index is 14.2. The normalized spacial score (nSPS) is 12.6. The molecular weight excluding hydrogens is 439 g/mol. The van der Waals surface area contributed by atoms with Crippen LogP contribution < -0.4 is 4.74 Å². The van der Waals surface area contributed by atoms with Crippen LogP contribution in [0.15, 0.2) is 60.7 Å². The first-order valence-corrected chi connectivity index (χ1v) is 10.8. The zero-order chi connectivity index (χ0) is 24.8. The third-order valence-corrected chi connectivity index (χ3v) is 5.81. The molecule has 0 saturated carbocycles. The average Bonchev–Trinajstić information content (AvgIpc) is 2.86. The topological polar surface area (TPSA) is 93.1 Å². The van der Waals surface area contributed by atoms with Crippen LogP contribution in [0, 0.1) is 11.7 Å². The van der Waals surface area contributed by atoms with E-state index in [0.29, 0.717) is 40.0 Å². The summed E-state index contributed by atoms with van der Waals surface area (Å²) in [7, 11) is 2.75. The summed E-state index contributed by atoms with van der Waals surface area (Å²) >= 11 is 0. The summed E-state index contributed by atoms with van der Waals surface area (Å²) in [5, 5.41) is 20.7. The third kappa shape index (κ3) is 5.61. The molecule has 0 aromatic heterocycles. The van der Waals surface area contributed by atoms with Crippen molar-refractivity contribution in [2.45, 2.75) is 25.9 Å². The van der Waals surface area contributed by atoms with Gasteiger partial charge in [-0.15, -0.1) is 0 Å². The predicted molar refractivity (Wildman–Crippen MR) is 125 cm³/mol. The second-order valence-electron chi connectivity index (χ2n) is 7.99. The molecule has 0 aliphatic carbocycles. The number of methoxy groups -OCH3 is 2. The number of ketones is 1. The number of ether oxygens (including phenoxy) is 2. The number of hydrogen-bond acceptors (Lipinski definition) is 6. The molecule has 0 bridgehead atoms. The fraction of sp³-hybridized carbons (Fsp3) is 0.259. The maximum atomic E-state index is 14.2. The first kappa shape index (κ1) is 24.9. The van der Waals surface area contributed by atoms with Crippen LogP contribution in [0.25, 0.3) is 11.1 Å². The van der Waals surface area contributed by atoms with E-state index in [1.807, 2.05) is 0 Å². The van der Waals surface area contributed by atoms with Gasteiger partial charge in [-0.2, -0.15) is 0 Å². The maximum Gasteiger partial charge on any atom is 0.311 e. The molecule has 34 heavy (non-hydrogen) atoms. The molecule has 178 valence electrons. The van der Waals surface area contributed by atoms with Crippen molar-refractivity contribution < 1.29 is 33.7 Å². The minimum atomic E-state index is -1.12. The third-order valence-electron chi connectivity index (χ3n) is 5.81. The lowest BCUT2D eigenvalue weighted by Gasteiger charge is -2.18. The van der Waals surface area contributed by atoms with Crippen molar-refractivity contribution in [3.05, 3.63) is 83.2 Å². The van der Waals surface area contributed by atoms with Crippen LogP contribution in [0.4, 0.5) is 4.39 Å². The van der Waals surface area contributed by atoms with Crippen molar-refractivity contribution in [2.24, 2.45) is 5.92 Å².